The highest BCUT2D eigenvalue weighted by Crippen LogP contribution is 2.33. The number of ketones is 1. The van der Waals surface area contributed by atoms with Crippen molar-refractivity contribution in [2.75, 3.05) is 19.6 Å². The molecule has 6 rings (SSSR count). The van der Waals surface area contributed by atoms with Crippen molar-refractivity contribution in [2.45, 2.75) is 57.4 Å². The van der Waals surface area contributed by atoms with Crippen LogP contribution in [0.4, 0.5) is 4.39 Å². The summed E-state index contributed by atoms with van der Waals surface area (Å²) in [4.78, 5) is 32.2. The molecule has 192 valence electrons. The summed E-state index contributed by atoms with van der Waals surface area (Å²) in [5, 5.41) is 3.42. The number of likely N-dealkylation sites (tertiary alicyclic amines) is 1. The highest BCUT2D eigenvalue weighted by molar-refractivity contribution is 7.23. The highest BCUT2D eigenvalue weighted by atomic mass is 32.1. The summed E-state index contributed by atoms with van der Waals surface area (Å²) in [6, 6.07) is 11.4. The molecule has 0 bridgehead atoms. The number of unbranched alkanes of at least 4 members (excludes halogenated alkanes) is 1. The predicted molar refractivity (Wildman–Crippen MR) is 145 cm³/mol. The van der Waals surface area contributed by atoms with Crippen molar-refractivity contribution < 1.29 is 14.0 Å². The third-order valence-corrected chi connectivity index (χ3v) is 8.67. The predicted octanol–water partition coefficient (Wildman–Crippen LogP) is 6.15. The zero-order valence-corrected chi connectivity index (χ0v) is 21.7. The van der Waals surface area contributed by atoms with Gasteiger partial charge in [0.2, 0.25) is 5.91 Å². The van der Waals surface area contributed by atoms with E-state index in [-0.39, 0.29) is 23.5 Å². The van der Waals surface area contributed by atoms with Crippen LogP contribution in [0.2, 0.25) is 0 Å². The quantitative estimate of drug-likeness (QED) is 0.225. The molecule has 1 amide bonds. The average Bonchev–Trinajstić information content (AvgIpc) is 3.64. The highest BCUT2D eigenvalue weighted by Gasteiger charge is 2.20. The van der Waals surface area contributed by atoms with Crippen molar-refractivity contribution in [3.05, 3.63) is 59.5 Å². The van der Waals surface area contributed by atoms with Gasteiger partial charge in [0.1, 0.15) is 5.82 Å². The summed E-state index contributed by atoms with van der Waals surface area (Å²) in [5.41, 5.74) is 3.77. The SMILES string of the molecule is O=C(CCCCN1CCCCC1=O)c1ccc2c(c1)sc1nc(-c3ccc([C@@H]4CCCN4)cc3F)cn12. The summed E-state index contributed by atoms with van der Waals surface area (Å²) < 4.78 is 18.0. The minimum atomic E-state index is -0.251. The minimum Gasteiger partial charge on any atom is -0.343 e. The van der Waals surface area contributed by atoms with E-state index in [2.05, 4.69) is 5.32 Å². The van der Waals surface area contributed by atoms with Gasteiger partial charge in [0.25, 0.3) is 0 Å². The number of amides is 1. The van der Waals surface area contributed by atoms with Crippen LogP contribution in [0.1, 0.15) is 73.3 Å². The Balaban J connectivity index is 1.13. The number of piperidine rings is 1. The molecule has 0 saturated carbocycles. The molecule has 4 heterocycles. The van der Waals surface area contributed by atoms with Crippen molar-refractivity contribution in [3.63, 3.8) is 0 Å². The fourth-order valence-corrected chi connectivity index (χ4v) is 6.61. The zero-order chi connectivity index (χ0) is 25.4. The number of benzene rings is 2. The number of carbonyl (C=O) groups excluding carboxylic acids is 2. The lowest BCUT2D eigenvalue weighted by Gasteiger charge is -2.26. The van der Waals surface area contributed by atoms with Crippen molar-refractivity contribution in [3.8, 4) is 11.3 Å². The van der Waals surface area contributed by atoms with Gasteiger partial charge < -0.3 is 10.2 Å². The second-order valence-corrected chi connectivity index (χ2v) is 11.2. The number of Topliss-reactive ketones (excluding diaryl/α,β-unsaturated/α-hetero) is 1. The van der Waals surface area contributed by atoms with Gasteiger partial charge in [-0.15, -0.1) is 0 Å². The van der Waals surface area contributed by atoms with Crippen LogP contribution in [0.15, 0.2) is 42.6 Å². The first-order valence-corrected chi connectivity index (χ1v) is 14.1. The fraction of sp³-hybridized carbons (Fsp3) is 0.414. The van der Waals surface area contributed by atoms with Crippen LogP contribution >= 0.6 is 11.3 Å². The summed E-state index contributed by atoms with van der Waals surface area (Å²) >= 11 is 1.51. The maximum atomic E-state index is 15.0. The maximum absolute atomic E-state index is 15.0. The van der Waals surface area contributed by atoms with E-state index in [1.54, 1.807) is 6.07 Å². The van der Waals surface area contributed by atoms with E-state index in [1.165, 1.54) is 11.3 Å². The Kier molecular flexibility index (Phi) is 6.78. The monoisotopic (exact) mass is 518 g/mol. The largest absolute Gasteiger partial charge is 0.343 e. The number of halogens is 1. The Morgan fingerprint density at radius 3 is 2.86 bits per heavy atom. The normalized spacial score (nSPS) is 18.4. The summed E-state index contributed by atoms with van der Waals surface area (Å²) in [6.45, 7) is 2.57. The molecule has 2 aromatic carbocycles. The third-order valence-electron chi connectivity index (χ3n) is 7.65. The summed E-state index contributed by atoms with van der Waals surface area (Å²) in [5.74, 6) is 0.117. The number of nitrogens with one attached hydrogen (secondary N) is 1. The molecule has 0 aliphatic carbocycles. The molecule has 0 unspecified atom stereocenters. The number of hydrogen-bond acceptors (Lipinski definition) is 5. The van der Waals surface area contributed by atoms with Gasteiger partial charge in [0, 0.05) is 49.3 Å². The molecule has 0 spiro atoms. The second-order valence-electron chi connectivity index (χ2n) is 10.2. The van der Waals surface area contributed by atoms with Crippen molar-refractivity contribution in [1.29, 1.82) is 0 Å². The van der Waals surface area contributed by atoms with E-state index in [0.29, 0.717) is 29.7 Å². The molecule has 2 aromatic heterocycles. The van der Waals surface area contributed by atoms with Crippen LogP contribution in [0, 0.1) is 5.82 Å². The molecule has 1 atom stereocenters. The van der Waals surface area contributed by atoms with E-state index < -0.39 is 0 Å². The maximum Gasteiger partial charge on any atom is 0.222 e. The molecule has 1 N–H and O–H groups in total. The smallest absolute Gasteiger partial charge is 0.222 e. The van der Waals surface area contributed by atoms with E-state index >= 15 is 4.39 Å². The van der Waals surface area contributed by atoms with Crippen molar-refractivity contribution >= 4 is 38.2 Å². The Morgan fingerprint density at radius 1 is 1.14 bits per heavy atom. The van der Waals surface area contributed by atoms with Crippen LogP contribution in [-0.4, -0.2) is 45.6 Å². The van der Waals surface area contributed by atoms with E-state index in [1.807, 2.05) is 45.8 Å². The summed E-state index contributed by atoms with van der Waals surface area (Å²) in [6.07, 6.45) is 8.87. The minimum absolute atomic E-state index is 0.123. The van der Waals surface area contributed by atoms with Gasteiger partial charge >= 0.3 is 0 Å². The van der Waals surface area contributed by atoms with Crippen LogP contribution in [0.3, 0.4) is 0 Å². The standard InChI is InChI=1S/C29H31FN4O2S/c30-22-16-19(23-6-5-13-31-23)9-11-21(22)24-18-34-25-12-10-20(17-27(25)37-29(34)32-24)26(35)7-1-3-14-33-15-4-2-8-28(33)36/h9-12,16-18,23,31H,1-8,13-15H2/t23-/m0/s1. The average molecular weight is 519 g/mol. The fourth-order valence-electron chi connectivity index (χ4n) is 5.56. The number of imidazole rings is 1. The van der Waals surface area contributed by atoms with Crippen LogP contribution in [0.25, 0.3) is 26.4 Å². The first-order valence-electron chi connectivity index (χ1n) is 13.3. The molecule has 2 aliphatic heterocycles. The lowest BCUT2D eigenvalue weighted by molar-refractivity contribution is -0.133. The number of nitrogens with zero attached hydrogens (tertiary/aromatic N) is 3. The van der Waals surface area contributed by atoms with Gasteiger partial charge in [-0.05, 0) is 81.0 Å². The lowest BCUT2D eigenvalue weighted by Crippen LogP contribution is -2.35. The molecular weight excluding hydrogens is 487 g/mol. The van der Waals surface area contributed by atoms with Gasteiger partial charge in [-0.2, -0.15) is 0 Å². The first kappa shape index (κ1) is 24.2. The van der Waals surface area contributed by atoms with Crippen molar-refractivity contribution in [2.24, 2.45) is 0 Å². The number of carbonyl (C=O) groups is 2. The van der Waals surface area contributed by atoms with Gasteiger partial charge in [0.05, 0.1) is 15.9 Å². The molecule has 8 heteroatoms. The van der Waals surface area contributed by atoms with Crippen LogP contribution < -0.4 is 5.32 Å². The Hall–Kier alpha value is -3.10. The molecule has 6 nitrogen and oxygen atoms in total. The topological polar surface area (TPSA) is 66.7 Å². The molecule has 2 fully saturated rings. The number of hydrogen-bond donors (Lipinski definition) is 1. The van der Waals surface area contributed by atoms with E-state index in [0.717, 1.165) is 78.9 Å². The number of fused-ring (bicyclic) bond motifs is 3. The third kappa shape index (κ3) is 4.92. The molecule has 2 aliphatic rings. The van der Waals surface area contributed by atoms with Gasteiger partial charge in [-0.3, -0.25) is 14.0 Å². The molecule has 4 aromatic rings. The molecule has 2 saturated heterocycles. The number of aromatic nitrogens is 2. The van der Waals surface area contributed by atoms with Crippen LogP contribution in [-0.2, 0) is 4.79 Å². The van der Waals surface area contributed by atoms with E-state index in [9.17, 15) is 9.59 Å². The molecule has 0 radical (unpaired) electrons. The molecular formula is C29H31FN4O2S. The van der Waals surface area contributed by atoms with Gasteiger partial charge in [-0.25, -0.2) is 9.37 Å². The number of thiazole rings is 1. The zero-order valence-electron chi connectivity index (χ0n) is 20.8. The van der Waals surface area contributed by atoms with E-state index in [4.69, 9.17) is 4.98 Å². The Morgan fingerprint density at radius 2 is 2.05 bits per heavy atom. The Labute approximate surface area is 219 Å². The van der Waals surface area contributed by atoms with Gasteiger partial charge in [-0.1, -0.05) is 17.4 Å². The van der Waals surface area contributed by atoms with Gasteiger partial charge in [0.15, 0.2) is 10.7 Å². The van der Waals surface area contributed by atoms with Crippen molar-refractivity contribution in [1.82, 2.24) is 19.6 Å². The summed E-state index contributed by atoms with van der Waals surface area (Å²) in [7, 11) is 0. The lowest BCUT2D eigenvalue weighted by atomic mass is 10.0. The van der Waals surface area contributed by atoms with Crippen LogP contribution in [0.5, 0.6) is 0 Å². The molecule has 37 heavy (non-hydrogen) atoms. The second kappa shape index (κ2) is 10.3. The number of rotatable bonds is 8. The Bertz CT molecular complexity index is 1470. The first-order chi connectivity index (χ1) is 18.1.